The largest absolute Gasteiger partial charge is 0.367 e. The molecule has 4 rings (SSSR count). The van der Waals surface area contributed by atoms with Crippen molar-refractivity contribution < 1.29 is 9.59 Å². The van der Waals surface area contributed by atoms with Crippen LogP contribution in [-0.2, 0) is 12.8 Å². The number of hydrogen-bond donors (Lipinski definition) is 1. The molecule has 1 aliphatic heterocycles. The summed E-state index contributed by atoms with van der Waals surface area (Å²) in [6.07, 6.45) is 3.11. The Balaban J connectivity index is 1.50. The molecule has 0 radical (unpaired) electrons. The van der Waals surface area contributed by atoms with Crippen molar-refractivity contribution >= 4 is 28.4 Å². The van der Waals surface area contributed by atoms with E-state index >= 15 is 0 Å². The number of anilines is 1. The smallest absolute Gasteiger partial charge is 0.251 e. The third-order valence-electron chi connectivity index (χ3n) is 6.32. The third kappa shape index (κ3) is 4.16. The Morgan fingerprint density at radius 1 is 1.03 bits per heavy atom. The van der Waals surface area contributed by atoms with Gasteiger partial charge in [-0.25, -0.2) is 0 Å². The number of nitrogens with one attached hydrogen (secondary N) is 1. The first kappa shape index (κ1) is 22.1. The highest BCUT2D eigenvalue weighted by Crippen LogP contribution is 2.31. The standard InChI is InChI=1S/C27H33N3O2/c1-18(2)29(19(3)4)21-10-7-9-20(17-21)27(32)28-16-15-23-22-11-5-6-12-24(22)30-25(23)13-8-14-26(30)31/h5-7,9-12,17-19H,8,13-16H2,1-4H3,(H,28,32). The van der Waals surface area contributed by atoms with E-state index in [2.05, 4.69) is 50.0 Å². The van der Waals surface area contributed by atoms with Gasteiger partial charge in [-0.3, -0.25) is 14.2 Å². The van der Waals surface area contributed by atoms with Gasteiger partial charge < -0.3 is 10.2 Å². The molecule has 1 amide bonds. The van der Waals surface area contributed by atoms with Crippen molar-refractivity contribution in [1.29, 1.82) is 0 Å². The first-order valence-electron chi connectivity index (χ1n) is 11.7. The van der Waals surface area contributed by atoms with E-state index in [0.29, 0.717) is 37.0 Å². The SMILES string of the molecule is CC(C)N(c1cccc(C(=O)NCCc2c3n(c4ccccc24)C(=O)CCC3)c1)C(C)C. The molecule has 0 spiro atoms. The first-order chi connectivity index (χ1) is 15.4. The lowest BCUT2D eigenvalue weighted by molar-refractivity contribution is 0.0887. The second kappa shape index (κ2) is 9.19. The van der Waals surface area contributed by atoms with Crippen molar-refractivity contribution in [3.05, 3.63) is 65.4 Å². The number of aromatic nitrogens is 1. The molecule has 0 atom stereocenters. The number of rotatable bonds is 7. The van der Waals surface area contributed by atoms with Gasteiger partial charge in [-0.2, -0.15) is 0 Å². The summed E-state index contributed by atoms with van der Waals surface area (Å²) in [5, 5.41) is 4.22. The van der Waals surface area contributed by atoms with Crippen molar-refractivity contribution in [1.82, 2.24) is 9.88 Å². The summed E-state index contributed by atoms with van der Waals surface area (Å²) >= 11 is 0. The highest BCUT2D eigenvalue weighted by molar-refractivity contribution is 5.97. The molecule has 0 bridgehead atoms. The van der Waals surface area contributed by atoms with Crippen LogP contribution in [0.4, 0.5) is 5.69 Å². The third-order valence-corrected chi connectivity index (χ3v) is 6.32. The van der Waals surface area contributed by atoms with Gasteiger partial charge in [0.05, 0.1) is 5.52 Å². The molecule has 0 saturated heterocycles. The minimum absolute atomic E-state index is 0.0622. The van der Waals surface area contributed by atoms with E-state index in [4.69, 9.17) is 0 Å². The Bertz CT molecular complexity index is 1140. The van der Waals surface area contributed by atoms with Crippen molar-refractivity contribution in [2.45, 2.75) is 65.5 Å². The van der Waals surface area contributed by atoms with E-state index in [1.165, 1.54) is 5.56 Å². The summed E-state index contributed by atoms with van der Waals surface area (Å²) in [6, 6.07) is 16.7. The molecular formula is C27H33N3O2. The van der Waals surface area contributed by atoms with Gasteiger partial charge in [-0.1, -0.05) is 24.3 Å². The van der Waals surface area contributed by atoms with Crippen LogP contribution >= 0.6 is 0 Å². The molecule has 168 valence electrons. The summed E-state index contributed by atoms with van der Waals surface area (Å²) in [7, 11) is 0. The Labute approximate surface area is 190 Å². The quantitative estimate of drug-likeness (QED) is 0.558. The van der Waals surface area contributed by atoms with Gasteiger partial charge in [0.15, 0.2) is 0 Å². The maximum Gasteiger partial charge on any atom is 0.251 e. The number of para-hydroxylation sites is 1. The molecule has 2 aromatic carbocycles. The second-order valence-corrected chi connectivity index (χ2v) is 9.18. The lowest BCUT2D eigenvalue weighted by atomic mass is 10.0. The highest BCUT2D eigenvalue weighted by Gasteiger charge is 2.24. The van der Waals surface area contributed by atoms with E-state index in [0.717, 1.165) is 35.1 Å². The van der Waals surface area contributed by atoms with Crippen LogP contribution < -0.4 is 10.2 Å². The van der Waals surface area contributed by atoms with E-state index in [9.17, 15) is 9.59 Å². The van der Waals surface area contributed by atoms with Crippen LogP contribution in [0.5, 0.6) is 0 Å². The number of hydrogen-bond acceptors (Lipinski definition) is 3. The minimum Gasteiger partial charge on any atom is -0.367 e. The molecule has 0 fully saturated rings. The number of carbonyl (C=O) groups is 2. The van der Waals surface area contributed by atoms with Crippen LogP contribution in [0.3, 0.4) is 0 Å². The summed E-state index contributed by atoms with van der Waals surface area (Å²) in [6.45, 7) is 9.21. The number of amides is 1. The van der Waals surface area contributed by atoms with E-state index in [1.807, 2.05) is 41.0 Å². The number of fused-ring (bicyclic) bond motifs is 3. The monoisotopic (exact) mass is 431 g/mol. The lowest BCUT2D eigenvalue weighted by Gasteiger charge is -2.33. The zero-order valence-electron chi connectivity index (χ0n) is 19.5. The maximum atomic E-state index is 12.9. The first-order valence-corrected chi connectivity index (χ1v) is 11.7. The Morgan fingerprint density at radius 2 is 1.78 bits per heavy atom. The molecule has 5 heteroatoms. The molecule has 32 heavy (non-hydrogen) atoms. The summed E-state index contributed by atoms with van der Waals surface area (Å²) < 4.78 is 1.89. The van der Waals surface area contributed by atoms with Crippen LogP contribution in [-0.4, -0.2) is 35.0 Å². The predicted octanol–water partition coefficient (Wildman–Crippen LogP) is 5.21. The zero-order chi connectivity index (χ0) is 22.8. The molecule has 5 nitrogen and oxygen atoms in total. The Morgan fingerprint density at radius 3 is 2.53 bits per heavy atom. The van der Waals surface area contributed by atoms with Gasteiger partial charge in [-0.05, 0) is 76.8 Å². The molecule has 0 saturated carbocycles. The molecule has 2 heterocycles. The van der Waals surface area contributed by atoms with Crippen molar-refractivity contribution in [2.24, 2.45) is 0 Å². The van der Waals surface area contributed by atoms with E-state index in [-0.39, 0.29) is 11.8 Å². The van der Waals surface area contributed by atoms with Crippen LogP contribution in [0, 0.1) is 0 Å². The normalized spacial score (nSPS) is 13.6. The van der Waals surface area contributed by atoms with Gasteiger partial charge in [0.25, 0.3) is 5.91 Å². The fraction of sp³-hybridized carbons (Fsp3) is 0.407. The van der Waals surface area contributed by atoms with Crippen molar-refractivity contribution in [3.8, 4) is 0 Å². The number of carbonyl (C=O) groups excluding carboxylic acids is 2. The fourth-order valence-corrected chi connectivity index (χ4v) is 5.11. The average molecular weight is 432 g/mol. The van der Waals surface area contributed by atoms with Crippen LogP contribution in [0.1, 0.15) is 66.9 Å². The van der Waals surface area contributed by atoms with Gasteiger partial charge >= 0.3 is 0 Å². The minimum atomic E-state index is -0.0622. The summed E-state index contributed by atoms with van der Waals surface area (Å²) in [5.74, 6) is 0.113. The lowest BCUT2D eigenvalue weighted by Crippen LogP contribution is -2.37. The molecule has 1 N–H and O–H groups in total. The van der Waals surface area contributed by atoms with Gasteiger partial charge in [0.2, 0.25) is 5.91 Å². The van der Waals surface area contributed by atoms with Crippen LogP contribution in [0.2, 0.25) is 0 Å². The zero-order valence-corrected chi connectivity index (χ0v) is 19.5. The van der Waals surface area contributed by atoms with E-state index in [1.54, 1.807) is 0 Å². The summed E-state index contributed by atoms with van der Waals surface area (Å²) in [4.78, 5) is 27.8. The number of benzene rings is 2. The fourth-order valence-electron chi connectivity index (χ4n) is 5.11. The molecule has 0 unspecified atom stereocenters. The predicted molar refractivity (Wildman–Crippen MR) is 131 cm³/mol. The Hall–Kier alpha value is -3.08. The van der Waals surface area contributed by atoms with Crippen LogP contribution in [0.25, 0.3) is 10.9 Å². The topological polar surface area (TPSA) is 54.3 Å². The van der Waals surface area contributed by atoms with Gasteiger partial charge in [0.1, 0.15) is 0 Å². The van der Waals surface area contributed by atoms with Crippen LogP contribution in [0.15, 0.2) is 48.5 Å². The molecule has 1 aromatic heterocycles. The van der Waals surface area contributed by atoms with Gasteiger partial charge in [0, 0.05) is 47.4 Å². The summed E-state index contributed by atoms with van der Waals surface area (Å²) in [5.41, 5.74) is 5.03. The molecular weight excluding hydrogens is 398 g/mol. The van der Waals surface area contributed by atoms with Crippen molar-refractivity contribution in [3.63, 3.8) is 0 Å². The number of nitrogens with zero attached hydrogens (tertiary/aromatic N) is 2. The van der Waals surface area contributed by atoms with Gasteiger partial charge in [-0.15, -0.1) is 0 Å². The highest BCUT2D eigenvalue weighted by atomic mass is 16.2. The molecule has 0 aliphatic carbocycles. The molecule has 3 aromatic rings. The second-order valence-electron chi connectivity index (χ2n) is 9.18. The van der Waals surface area contributed by atoms with E-state index < -0.39 is 0 Å². The average Bonchev–Trinajstić information content (AvgIpc) is 3.08. The van der Waals surface area contributed by atoms with Crippen molar-refractivity contribution in [2.75, 3.05) is 11.4 Å². The Kier molecular flexibility index (Phi) is 6.35. The molecule has 1 aliphatic rings. The maximum absolute atomic E-state index is 12.9.